The molecule has 8 nitrogen and oxygen atoms in total. The van der Waals surface area contributed by atoms with Crippen molar-refractivity contribution >= 4 is 28.9 Å². The van der Waals surface area contributed by atoms with Crippen molar-refractivity contribution in [3.05, 3.63) is 52.9 Å². The molecule has 9 heteroatoms. The summed E-state index contributed by atoms with van der Waals surface area (Å²) in [6, 6.07) is 7.47. The lowest BCUT2D eigenvalue weighted by Crippen LogP contribution is -2.35. The molecule has 0 spiro atoms. The first kappa shape index (κ1) is 23.2. The summed E-state index contributed by atoms with van der Waals surface area (Å²) < 4.78 is 11.9. The third-order valence-electron chi connectivity index (χ3n) is 7.53. The van der Waals surface area contributed by atoms with Gasteiger partial charge in [-0.25, -0.2) is 0 Å². The normalized spacial score (nSPS) is 23.2. The van der Waals surface area contributed by atoms with E-state index in [2.05, 4.69) is 25.5 Å². The monoisotopic (exact) mass is 507 g/mol. The second kappa shape index (κ2) is 9.67. The van der Waals surface area contributed by atoms with E-state index >= 15 is 0 Å². The predicted molar refractivity (Wildman–Crippen MR) is 140 cm³/mol. The first-order valence-electron chi connectivity index (χ1n) is 12.6. The molecule has 36 heavy (non-hydrogen) atoms. The smallest absolute Gasteiger partial charge is 0.255 e. The van der Waals surface area contributed by atoms with Crippen LogP contribution in [0.5, 0.6) is 11.5 Å². The number of benzene rings is 1. The summed E-state index contributed by atoms with van der Waals surface area (Å²) >= 11 is 6.41. The predicted octanol–water partition coefficient (Wildman–Crippen LogP) is 4.80. The fourth-order valence-corrected chi connectivity index (χ4v) is 5.96. The Morgan fingerprint density at radius 3 is 3.06 bits per heavy atom. The number of carbonyl (C=O) groups is 1. The van der Waals surface area contributed by atoms with E-state index in [0.29, 0.717) is 52.5 Å². The van der Waals surface area contributed by atoms with E-state index < -0.39 is 0 Å². The van der Waals surface area contributed by atoms with Gasteiger partial charge in [0.2, 0.25) is 0 Å². The number of anilines is 2. The molecule has 3 aromatic rings. The minimum atomic E-state index is -0.101. The Morgan fingerprint density at radius 1 is 1.25 bits per heavy atom. The number of nitrogens with one attached hydrogen (secondary N) is 3. The highest BCUT2D eigenvalue weighted by Gasteiger charge is 2.34. The number of carbonyl (C=O) groups excluding carboxylic acids is 1. The zero-order chi connectivity index (χ0) is 24.6. The second-order valence-corrected chi connectivity index (χ2v) is 10.2. The summed E-state index contributed by atoms with van der Waals surface area (Å²) in [4.78, 5) is 23.8. The van der Waals surface area contributed by atoms with E-state index in [9.17, 15) is 4.79 Å². The molecule has 1 aromatic carbocycles. The van der Waals surface area contributed by atoms with Crippen molar-refractivity contribution in [2.45, 2.75) is 25.2 Å². The maximum Gasteiger partial charge on any atom is 0.255 e. The van der Waals surface area contributed by atoms with E-state index in [1.54, 1.807) is 25.6 Å². The van der Waals surface area contributed by atoms with E-state index in [1.807, 2.05) is 18.2 Å². The van der Waals surface area contributed by atoms with Crippen LogP contribution in [-0.2, 0) is 0 Å². The van der Waals surface area contributed by atoms with Crippen molar-refractivity contribution in [1.82, 2.24) is 20.2 Å². The van der Waals surface area contributed by atoms with Crippen LogP contribution in [-0.4, -0.2) is 60.7 Å². The average Bonchev–Trinajstić information content (AvgIpc) is 3.49. The summed E-state index contributed by atoms with van der Waals surface area (Å²) in [6.45, 7) is 4.50. The van der Waals surface area contributed by atoms with Crippen molar-refractivity contribution in [3.63, 3.8) is 0 Å². The summed E-state index contributed by atoms with van der Waals surface area (Å²) in [5, 5.41) is 7.10. The zero-order valence-electron chi connectivity index (χ0n) is 20.3. The van der Waals surface area contributed by atoms with Crippen molar-refractivity contribution in [1.29, 1.82) is 0 Å². The van der Waals surface area contributed by atoms with Crippen LogP contribution in [0.4, 0.5) is 11.4 Å². The van der Waals surface area contributed by atoms with Gasteiger partial charge < -0.3 is 30.0 Å². The summed E-state index contributed by atoms with van der Waals surface area (Å²) in [6.07, 6.45) is 6.73. The SMILES string of the molecule is COc1c(Cl)cccc1Nc1c2[nH]c3c1C(=O)NC[C@H]3CCCN1CC[C@@H](COc3cnccc3-2)C1. The molecular formula is C27H30ClN5O3. The van der Waals surface area contributed by atoms with Crippen LogP contribution >= 0.6 is 11.6 Å². The number of aromatic nitrogens is 2. The largest absolute Gasteiger partial charge is 0.493 e. The number of fused-ring (bicyclic) bond motifs is 5. The molecule has 1 saturated heterocycles. The number of H-pyrrole nitrogens is 1. The Morgan fingerprint density at radius 2 is 2.17 bits per heavy atom. The van der Waals surface area contributed by atoms with E-state index in [1.165, 1.54) is 0 Å². The molecule has 3 aliphatic rings. The lowest BCUT2D eigenvalue weighted by atomic mass is 9.92. The summed E-state index contributed by atoms with van der Waals surface area (Å²) in [5.41, 5.74) is 4.61. The van der Waals surface area contributed by atoms with Crippen LogP contribution in [0, 0.1) is 5.92 Å². The molecule has 3 aliphatic heterocycles. The van der Waals surface area contributed by atoms with Crippen LogP contribution in [0.1, 0.15) is 41.2 Å². The minimum Gasteiger partial charge on any atom is -0.493 e. The van der Waals surface area contributed by atoms with E-state index in [-0.39, 0.29) is 11.8 Å². The number of aromatic amines is 1. The van der Waals surface area contributed by atoms with Gasteiger partial charge in [-0.05, 0) is 50.6 Å². The number of para-hydroxylation sites is 1. The molecule has 0 saturated carbocycles. The van der Waals surface area contributed by atoms with Crippen molar-refractivity contribution in [3.8, 4) is 22.8 Å². The number of rotatable bonds is 3. The van der Waals surface area contributed by atoms with Crippen LogP contribution in [0.15, 0.2) is 36.7 Å². The molecule has 4 bridgehead atoms. The Hall–Kier alpha value is -3.23. The Balaban J connectivity index is 1.51. The maximum absolute atomic E-state index is 13.3. The minimum absolute atomic E-state index is 0.101. The Kier molecular flexibility index (Phi) is 6.23. The number of amides is 1. The number of ether oxygens (including phenoxy) is 2. The molecule has 1 unspecified atom stereocenters. The van der Waals surface area contributed by atoms with Gasteiger partial charge in [0.05, 0.1) is 47.6 Å². The molecule has 3 atom stereocenters. The number of hydrogen-bond donors (Lipinski definition) is 3. The molecule has 5 heterocycles. The lowest BCUT2D eigenvalue weighted by molar-refractivity contribution is 0.0939. The highest BCUT2D eigenvalue weighted by molar-refractivity contribution is 6.32. The summed E-state index contributed by atoms with van der Waals surface area (Å²) in [5.74, 6) is 1.81. The van der Waals surface area contributed by atoms with Gasteiger partial charge in [0.25, 0.3) is 5.91 Å². The van der Waals surface area contributed by atoms with Gasteiger partial charge in [-0.1, -0.05) is 17.7 Å². The number of methoxy groups -OCH3 is 1. The van der Waals surface area contributed by atoms with Gasteiger partial charge in [0.1, 0.15) is 5.75 Å². The maximum atomic E-state index is 13.3. The van der Waals surface area contributed by atoms with Crippen molar-refractivity contribution in [2.75, 3.05) is 45.2 Å². The van der Waals surface area contributed by atoms with Gasteiger partial charge >= 0.3 is 0 Å². The fourth-order valence-electron chi connectivity index (χ4n) is 5.71. The van der Waals surface area contributed by atoms with Crippen molar-refractivity contribution in [2.24, 2.45) is 5.92 Å². The van der Waals surface area contributed by atoms with E-state index in [4.69, 9.17) is 21.1 Å². The standard InChI is InChI=1S/C27H30ClN5O3/c1-35-26-19(28)5-2-6-20(26)31-25-22-23-17(12-30-27(22)34)4-3-10-33-11-8-16(14-33)15-36-21-13-29-9-7-18(21)24(25)32-23/h2,5-7,9,13,16-17,31-32H,3-4,8,10-12,14-15H2,1H3,(H,30,34)/t16-,17-/m1/s1. The number of nitrogens with zero attached hydrogens (tertiary/aromatic N) is 2. The molecule has 2 aromatic heterocycles. The molecule has 0 aliphatic carbocycles. The zero-order valence-corrected chi connectivity index (χ0v) is 21.0. The van der Waals surface area contributed by atoms with Gasteiger partial charge in [0, 0.05) is 42.4 Å². The van der Waals surface area contributed by atoms with Gasteiger partial charge in [0.15, 0.2) is 5.75 Å². The van der Waals surface area contributed by atoms with Crippen LogP contribution < -0.4 is 20.1 Å². The van der Waals surface area contributed by atoms with Crippen LogP contribution in [0.25, 0.3) is 11.3 Å². The summed E-state index contributed by atoms with van der Waals surface area (Å²) in [7, 11) is 1.59. The van der Waals surface area contributed by atoms with Crippen LogP contribution in [0.2, 0.25) is 5.02 Å². The van der Waals surface area contributed by atoms with Gasteiger partial charge in [-0.2, -0.15) is 0 Å². The Bertz CT molecular complexity index is 1290. The first-order chi connectivity index (χ1) is 17.6. The van der Waals surface area contributed by atoms with Crippen molar-refractivity contribution < 1.29 is 14.3 Å². The highest BCUT2D eigenvalue weighted by Crippen LogP contribution is 2.45. The number of halogens is 1. The lowest BCUT2D eigenvalue weighted by Gasteiger charge is -2.25. The molecule has 3 N–H and O–H groups in total. The molecule has 0 radical (unpaired) electrons. The fraction of sp³-hybridized carbons (Fsp3) is 0.407. The Labute approximate surface area is 215 Å². The van der Waals surface area contributed by atoms with E-state index in [0.717, 1.165) is 55.8 Å². The van der Waals surface area contributed by atoms with Crippen LogP contribution in [0.3, 0.4) is 0 Å². The topological polar surface area (TPSA) is 91.5 Å². The molecule has 6 rings (SSSR count). The average molecular weight is 508 g/mol. The third-order valence-corrected chi connectivity index (χ3v) is 7.83. The van der Waals surface area contributed by atoms with Gasteiger partial charge in [-0.3, -0.25) is 9.78 Å². The number of hydrogen-bond acceptors (Lipinski definition) is 6. The molecular weight excluding hydrogens is 478 g/mol. The molecule has 1 fully saturated rings. The first-order valence-corrected chi connectivity index (χ1v) is 12.9. The third kappa shape index (κ3) is 4.18. The molecule has 188 valence electrons. The molecule has 1 amide bonds. The number of pyridine rings is 1. The van der Waals surface area contributed by atoms with Gasteiger partial charge in [-0.15, -0.1) is 0 Å². The quantitative estimate of drug-likeness (QED) is 0.471. The second-order valence-electron chi connectivity index (χ2n) is 9.80. The highest BCUT2D eigenvalue weighted by atomic mass is 35.5.